The van der Waals surface area contributed by atoms with Gasteiger partial charge in [0.1, 0.15) is 0 Å². The number of hydrogen-bond acceptors (Lipinski definition) is 4. The molecule has 1 rings (SSSR count). The molecule has 1 aromatic rings. The Kier molecular flexibility index (Phi) is 4.82. The molecule has 88 valence electrons. The summed E-state index contributed by atoms with van der Waals surface area (Å²) in [5.41, 5.74) is 1.54. The number of phenols is 1. The Morgan fingerprint density at radius 2 is 2.12 bits per heavy atom. The van der Waals surface area contributed by atoms with Crippen LogP contribution in [0.4, 0.5) is 0 Å². The Morgan fingerprint density at radius 3 is 2.69 bits per heavy atom. The van der Waals surface area contributed by atoms with E-state index >= 15 is 0 Å². The molecule has 0 atom stereocenters. The molecule has 0 aromatic heterocycles. The number of phenolic OH excluding ortho intramolecular Hbond substituents is 1. The highest BCUT2D eigenvalue weighted by Gasteiger charge is 2.02. The zero-order chi connectivity index (χ0) is 12.0. The van der Waals surface area contributed by atoms with Crippen LogP contribution in [0.5, 0.6) is 11.5 Å². The van der Waals surface area contributed by atoms with Gasteiger partial charge in [-0.25, -0.2) is 0 Å². The lowest BCUT2D eigenvalue weighted by Crippen LogP contribution is -1.94. The summed E-state index contributed by atoms with van der Waals surface area (Å²) >= 11 is 0. The van der Waals surface area contributed by atoms with E-state index in [1.807, 2.05) is 0 Å². The van der Waals surface area contributed by atoms with Gasteiger partial charge in [-0.1, -0.05) is 12.1 Å². The van der Waals surface area contributed by atoms with E-state index in [0.717, 1.165) is 11.1 Å². The fourth-order valence-electron chi connectivity index (χ4n) is 1.36. The fourth-order valence-corrected chi connectivity index (χ4v) is 1.36. The first-order valence-electron chi connectivity index (χ1n) is 4.99. The summed E-state index contributed by atoms with van der Waals surface area (Å²) in [5, 5.41) is 27.2. The van der Waals surface area contributed by atoms with Crippen LogP contribution in [0.1, 0.15) is 12.0 Å². The molecule has 0 aliphatic heterocycles. The summed E-state index contributed by atoms with van der Waals surface area (Å²) in [5.74, 6) is 0.461. The third-order valence-corrected chi connectivity index (χ3v) is 2.21. The normalized spacial score (nSPS) is 11.6. The van der Waals surface area contributed by atoms with Crippen LogP contribution in [0, 0.1) is 0 Å². The van der Waals surface area contributed by atoms with Gasteiger partial charge < -0.3 is 20.1 Å². The van der Waals surface area contributed by atoms with E-state index in [1.54, 1.807) is 18.2 Å². The van der Waals surface area contributed by atoms with Crippen molar-refractivity contribution in [3.05, 3.63) is 29.3 Å². The summed E-state index contributed by atoms with van der Waals surface area (Å²) in [4.78, 5) is 0. The lowest BCUT2D eigenvalue weighted by atomic mass is 10.1. The molecule has 4 nitrogen and oxygen atoms in total. The van der Waals surface area contributed by atoms with Gasteiger partial charge in [-0.2, -0.15) is 0 Å². The summed E-state index contributed by atoms with van der Waals surface area (Å²) < 4.78 is 4.97. The molecule has 16 heavy (non-hydrogen) atoms. The van der Waals surface area contributed by atoms with E-state index in [2.05, 4.69) is 0 Å². The standard InChI is InChI=1S/C12H16O4/c1-16-12-7-9(2-3-11(12)15)6-10(8-14)4-5-13/h2-3,6-7,13-15H,4-5,8H2,1H3/b10-6-. The number of hydrogen-bond donors (Lipinski definition) is 3. The number of aliphatic hydroxyl groups excluding tert-OH is 2. The van der Waals surface area contributed by atoms with Crippen LogP contribution in [0.2, 0.25) is 0 Å². The summed E-state index contributed by atoms with van der Waals surface area (Å²) in [6.45, 7) is -0.0919. The Morgan fingerprint density at radius 1 is 1.38 bits per heavy atom. The molecule has 0 unspecified atom stereocenters. The lowest BCUT2D eigenvalue weighted by molar-refractivity contribution is 0.279. The van der Waals surface area contributed by atoms with E-state index in [0.29, 0.717) is 12.2 Å². The van der Waals surface area contributed by atoms with Crippen LogP contribution in [0.15, 0.2) is 23.8 Å². The average molecular weight is 224 g/mol. The highest BCUT2D eigenvalue weighted by molar-refractivity contribution is 5.57. The molecular formula is C12H16O4. The van der Waals surface area contributed by atoms with Crippen LogP contribution in [0.25, 0.3) is 6.08 Å². The molecule has 1 aromatic carbocycles. The summed E-state index contributed by atoms with van der Waals surface area (Å²) in [6, 6.07) is 4.91. The number of rotatable bonds is 5. The van der Waals surface area contributed by atoms with Crippen molar-refractivity contribution in [2.45, 2.75) is 6.42 Å². The molecule has 0 aliphatic carbocycles. The Labute approximate surface area is 94.4 Å². The predicted octanol–water partition coefficient (Wildman–Crippen LogP) is 1.16. The largest absolute Gasteiger partial charge is 0.504 e. The third-order valence-electron chi connectivity index (χ3n) is 2.21. The first-order valence-corrected chi connectivity index (χ1v) is 4.99. The minimum atomic E-state index is -0.0935. The molecule has 0 saturated heterocycles. The van der Waals surface area contributed by atoms with E-state index in [1.165, 1.54) is 13.2 Å². The first kappa shape index (κ1) is 12.5. The van der Waals surface area contributed by atoms with Gasteiger partial charge in [0.2, 0.25) is 0 Å². The molecule has 0 bridgehead atoms. The van der Waals surface area contributed by atoms with Gasteiger partial charge in [-0.3, -0.25) is 0 Å². The second kappa shape index (κ2) is 6.15. The van der Waals surface area contributed by atoms with Gasteiger partial charge in [0.25, 0.3) is 0 Å². The molecule has 0 spiro atoms. The van der Waals surface area contributed by atoms with Crippen LogP contribution < -0.4 is 4.74 Å². The van der Waals surface area contributed by atoms with E-state index in [-0.39, 0.29) is 19.0 Å². The molecule has 0 amide bonds. The Hall–Kier alpha value is -1.52. The molecule has 0 saturated carbocycles. The molecule has 4 heteroatoms. The fraction of sp³-hybridized carbons (Fsp3) is 0.333. The predicted molar refractivity (Wildman–Crippen MR) is 61.4 cm³/mol. The minimum absolute atomic E-state index is 0.00160. The maximum absolute atomic E-state index is 9.39. The SMILES string of the molecule is COc1cc(/C=C(\CO)CCO)ccc1O. The van der Waals surface area contributed by atoms with Crippen LogP contribution in [-0.2, 0) is 0 Å². The summed E-state index contributed by atoms with van der Waals surface area (Å²) in [6.07, 6.45) is 2.19. The second-order valence-electron chi connectivity index (χ2n) is 3.37. The smallest absolute Gasteiger partial charge is 0.161 e. The monoisotopic (exact) mass is 224 g/mol. The van der Waals surface area contributed by atoms with E-state index in [4.69, 9.17) is 14.9 Å². The van der Waals surface area contributed by atoms with Gasteiger partial charge in [0.05, 0.1) is 13.7 Å². The Balaban J connectivity index is 2.95. The number of aliphatic hydroxyl groups is 2. The quantitative estimate of drug-likeness (QED) is 0.702. The van der Waals surface area contributed by atoms with Crippen molar-refractivity contribution in [3.8, 4) is 11.5 Å². The lowest BCUT2D eigenvalue weighted by Gasteiger charge is -2.05. The van der Waals surface area contributed by atoms with Crippen LogP contribution in [-0.4, -0.2) is 35.6 Å². The second-order valence-corrected chi connectivity index (χ2v) is 3.37. The highest BCUT2D eigenvalue weighted by Crippen LogP contribution is 2.27. The zero-order valence-corrected chi connectivity index (χ0v) is 9.18. The molecule has 3 N–H and O–H groups in total. The van der Waals surface area contributed by atoms with Crippen LogP contribution in [0.3, 0.4) is 0 Å². The number of ether oxygens (including phenoxy) is 1. The van der Waals surface area contributed by atoms with Crippen molar-refractivity contribution >= 4 is 6.08 Å². The summed E-state index contributed by atoms with van der Waals surface area (Å²) in [7, 11) is 1.48. The third kappa shape index (κ3) is 3.25. The minimum Gasteiger partial charge on any atom is -0.504 e. The number of methoxy groups -OCH3 is 1. The molecule has 0 fully saturated rings. The van der Waals surface area contributed by atoms with Crippen molar-refractivity contribution in [3.63, 3.8) is 0 Å². The van der Waals surface area contributed by atoms with Gasteiger partial charge in [-0.05, 0) is 29.7 Å². The van der Waals surface area contributed by atoms with Crippen LogP contribution >= 0.6 is 0 Å². The van der Waals surface area contributed by atoms with Gasteiger partial charge in [0.15, 0.2) is 11.5 Å². The van der Waals surface area contributed by atoms with Crippen molar-refractivity contribution < 1.29 is 20.1 Å². The maximum Gasteiger partial charge on any atom is 0.161 e. The first-order chi connectivity index (χ1) is 7.71. The molecule has 0 aliphatic rings. The molecule has 0 radical (unpaired) electrons. The molecule has 0 heterocycles. The van der Waals surface area contributed by atoms with Crippen molar-refractivity contribution in [2.24, 2.45) is 0 Å². The maximum atomic E-state index is 9.39. The van der Waals surface area contributed by atoms with Gasteiger partial charge >= 0.3 is 0 Å². The average Bonchev–Trinajstić information content (AvgIpc) is 2.30. The Bertz CT molecular complexity index is 371. The highest BCUT2D eigenvalue weighted by atomic mass is 16.5. The number of benzene rings is 1. The zero-order valence-electron chi connectivity index (χ0n) is 9.18. The number of aromatic hydroxyl groups is 1. The van der Waals surface area contributed by atoms with E-state index < -0.39 is 0 Å². The van der Waals surface area contributed by atoms with Gasteiger partial charge in [-0.15, -0.1) is 0 Å². The van der Waals surface area contributed by atoms with Gasteiger partial charge in [0, 0.05) is 6.61 Å². The van der Waals surface area contributed by atoms with Crippen molar-refractivity contribution in [1.82, 2.24) is 0 Å². The van der Waals surface area contributed by atoms with E-state index in [9.17, 15) is 5.11 Å². The molecular weight excluding hydrogens is 208 g/mol. The van der Waals surface area contributed by atoms with Crippen molar-refractivity contribution in [1.29, 1.82) is 0 Å². The van der Waals surface area contributed by atoms with Crippen molar-refractivity contribution in [2.75, 3.05) is 20.3 Å². The topological polar surface area (TPSA) is 69.9 Å².